The maximum atomic E-state index is 10.0. The van der Waals surface area contributed by atoms with Crippen LogP contribution in [0, 0.1) is 0 Å². The van der Waals surface area contributed by atoms with Gasteiger partial charge in [-0.2, -0.15) is 0 Å². The zero-order valence-electron chi connectivity index (χ0n) is 13.5. The molecule has 1 atom stereocenters. The van der Waals surface area contributed by atoms with Crippen molar-refractivity contribution in [3.8, 4) is 17.2 Å². The highest BCUT2D eigenvalue weighted by molar-refractivity contribution is 6.33. The lowest BCUT2D eigenvalue weighted by Gasteiger charge is -2.24. The zero-order chi connectivity index (χ0) is 18.1. The van der Waals surface area contributed by atoms with E-state index in [-0.39, 0.29) is 33.2 Å². The maximum absolute atomic E-state index is 10.0. The summed E-state index contributed by atoms with van der Waals surface area (Å²) in [6, 6.07) is 6.69. The fraction of sp³-hybridized carbons (Fsp3) is 0.263. The van der Waals surface area contributed by atoms with E-state index < -0.39 is 0 Å². The number of rotatable bonds is 3. The van der Waals surface area contributed by atoms with Crippen molar-refractivity contribution in [2.75, 3.05) is 19.6 Å². The summed E-state index contributed by atoms with van der Waals surface area (Å²) in [5.74, 6) is -0.668. The molecule has 0 aliphatic carbocycles. The van der Waals surface area contributed by atoms with Gasteiger partial charge in [-0.1, -0.05) is 35.3 Å². The second-order valence-electron chi connectivity index (χ2n) is 6.19. The van der Waals surface area contributed by atoms with Crippen LogP contribution in [0.3, 0.4) is 0 Å². The lowest BCUT2D eigenvalue weighted by Crippen LogP contribution is -2.28. The first-order valence-corrected chi connectivity index (χ1v) is 8.72. The minimum absolute atomic E-state index is 0.00864. The van der Waals surface area contributed by atoms with Crippen LogP contribution in [0.1, 0.15) is 22.6 Å². The third kappa shape index (κ3) is 3.43. The third-order valence-corrected chi connectivity index (χ3v) is 5.34. The van der Waals surface area contributed by atoms with E-state index in [0.29, 0.717) is 19.5 Å². The van der Waals surface area contributed by atoms with E-state index in [9.17, 15) is 15.3 Å². The van der Waals surface area contributed by atoms with Gasteiger partial charge in [-0.05, 0) is 41.3 Å². The Morgan fingerprint density at radius 3 is 2.60 bits per heavy atom. The predicted molar refractivity (Wildman–Crippen MR) is 100 cm³/mol. The Kier molecular flexibility index (Phi) is 5.13. The molecule has 6 heteroatoms. The highest BCUT2D eigenvalue weighted by Crippen LogP contribution is 2.44. The van der Waals surface area contributed by atoms with E-state index >= 15 is 0 Å². The fourth-order valence-corrected chi connectivity index (χ4v) is 3.77. The van der Waals surface area contributed by atoms with E-state index in [0.717, 1.165) is 23.2 Å². The number of fused-ring (bicyclic) bond motifs is 1. The van der Waals surface area contributed by atoms with E-state index in [2.05, 4.69) is 11.5 Å². The summed E-state index contributed by atoms with van der Waals surface area (Å²) in [4.78, 5) is 2.22. The first-order chi connectivity index (χ1) is 11.9. The Balaban J connectivity index is 2.16. The molecule has 25 heavy (non-hydrogen) atoms. The molecule has 132 valence electrons. The van der Waals surface area contributed by atoms with E-state index in [1.165, 1.54) is 0 Å². The average Bonchev–Trinajstić information content (AvgIpc) is 2.76. The van der Waals surface area contributed by atoms with Gasteiger partial charge in [0.25, 0.3) is 0 Å². The Hall–Kier alpha value is -1.88. The predicted octanol–water partition coefficient (Wildman–Crippen LogP) is 4.29. The summed E-state index contributed by atoms with van der Waals surface area (Å²) in [5.41, 5.74) is 2.51. The first-order valence-electron chi connectivity index (χ1n) is 7.97. The van der Waals surface area contributed by atoms with Gasteiger partial charge >= 0.3 is 0 Å². The maximum Gasteiger partial charge on any atom is 0.176 e. The van der Waals surface area contributed by atoms with Crippen LogP contribution < -0.4 is 0 Å². The highest BCUT2D eigenvalue weighted by atomic mass is 35.5. The van der Waals surface area contributed by atoms with Crippen LogP contribution in [-0.2, 0) is 6.42 Å². The molecule has 0 saturated heterocycles. The molecule has 0 aromatic heterocycles. The minimum Gasteiger partial charge on any atom is -0.506 e. The molecule has 0 fully saturated rings. The lowest BCUT2D eigenvalue weighted by molar-refractivity contribution is 0.306. The van der Waals surface area contributed by atoms with Crippen LogP contribution in [0.25, 0.3) is 0 Å². The number of phenolic OH excluding ortho intramolecular Hbond substituents is 3. The monoisotopic (exact) mass is 379 g/mol. The van der Waals surface area contributed by atoms with Crippen LogP contribution in [0.5, 0.6) is 17.2 Å². The topological polar surface area (TPSA) is 63.9 Å². The van der Waals surface area contributed by atoms with Gasteiger partial charge in [-0.25, -0.2) is 0 Å². The van der Waals surface area contributed by atoms with Crippen LogP contribution in [0.4, 0.5) is 0 Å². The molecule has 1 aliphatic heterocycles. The molecule has 3 rings (SSSR count). The quantitative estimate of drug-likeness (QED) is 0.549. The van der Waals surface area contributed by atoms with Gasteiger partial charge in [-0.3, -0.25) is 4.90 Å². The molecule has 0 bridgehead atoms. The van der Waals surface area contributed by atoms with Gasteiger partial charge in [0, 0.05) is 25.6 Å². The van der Waals surface area contributed by atoms with E-state index in [1.807, 2.05) is 12.1 Å². The Morgan fingerprint density at radius 1 is 1.16 bits per heavy atom. The summed E-state index contributed by atoms with van der Waals surface area (Å²) < 4.78 is 0. The normalized spacial score (nSPS) is 17.8. The number of hydrogen-bond acceptors (Lipinski definition) is 4. The van der Waals surface area contributed by atoms with Crippen molar-refractivity contribution < 1.29 is 15.3 Å². The molecule has 4 nitrogen and oxygen atoms in total. The number of phenols is 3. The third-order valence-electron chi connectivity index (χ3n) is 4.61. The van der Waals surface area contributed by atoms with Crippen molar-refractivity contribution >= 4 is 23.2 Å². The Labute approximate surface area is 156 Å². The Bertz CT molecular complexity index is 823. The van der Waals surface area contributed by atoms with E-state index in [1.54, 1.807) is 18.2 Å². The molecule has 0 radical (unpaired) electrons. The van der Waals surface area contributed by atoms with Gasteiger partial charge in [0.15, 0.2) is 11.5 Å². The van der Waals surface area contributed by atoms with Crippen molar-refractivity contribution in [1.29, 1.82) is 0 Å². The van der Waals surface area contributed by atoms with Crippen molar-refractivity contribution in [3.63, 3.8) is 0 Å². The largest absolute Gasteiger partial charge is 0.506 e. The van der Waals surface area contributed by atoms with Gasteiger partial charge < -0.3 is 15.3 Å². The SMILES string of the molecule is C=CCN1CCc2c(cc(O)c(O)c2Cl)C(c2ccc(Cl)c(O)c2)C1. The van der Waals surface area contributed by atoms with Crippen LogP contribution >= 0.6 is 23.2 Å². The molecule has 0 amide bonds. The molecule has 1 aliphatic rings. The highest BCUT2D eigenvalue weighted by Gasteiger charge is 2.28. The van der Waals surface area contributed by atoms with Crippen LogP contribution in [0.15, 0.2) is 36.9 Å². The van der Waals surface area contributed by atoms with Crippen LogP contribution in [-0.4, -0.2) is 39.9 Å². The second-order valence-corrected chi connectivity index (χ2v) is 6.97. The number of nitrogens with zero attached hydrogens (tertiary/aromatic N) is 1. The minimum atomic E-state index is -0.296. The Morgan fingerprint density at radius 2 is 1.92 bits per heavy atom. The summed E-state index contributed by atoms with van der Waals surface area (Å²) in [7, 11) is 0. The van der Waals surface area contributed by atoms with Crippen molar-refractivity contribution in [1.82, 2.24) is 4.90 Å². The second kappa shape index (κ2) is 7.16. The summed E-state index contributed by atoms with van der Waals surface area (Å²) in [6.45, 7) is 5.92. The van der Waals surface area contributed by atoms with E-state index in [4.69, 9.17) is 23.2 Å². The number of halogens is 2. The molecular formula is C19H19Cl2NO3. The summed E-state index contributed by atoms with van der Waals surface area (Å²) in [5, 5.41) is 30.5. The van der Waals surface area contributed by atoms with Gasteiger partial charge in [0.2, 0.25) is 0 Å². The molecular weight excluding hydrogens is 361 g/mol. The standard InChI is InChI=1S/C19H19Cl2NO3/c1-2-6-22-7-5-12-13(9-17(24)19(25)18(12)21)14(10-22)11-3-4-15(20)16(23)8-11/h2-4,8-9,14,23-25H,1,5-7,10H2. The van der Waals surface area contributed by atoms with Gasteiger partial charge in [0.1, 0.15) is 5.75 Å². The van der Waals surface area contributed by atoms with Crippen molar-refractivity contribution in [3.05, 3.63) is 63.7 Å². The first kappa shape index (κ1) is 17.9. The molecule has 2 aromatic rings. The fourth-order valence-electron chi connectivity index (χ4n) is 3.35. The van der Waals surface area contributed by atoms with Crippen molar-refractivity contribution in [2.45, 2.75) is 12.3 Å². The molecule has 1 heterocycles. The molecule has 0 saturated carbocycles. The van der Waals surface area contributed by atoms with Gasteiger partial charge in [0.05, 0.1) is 10.0 Å². The van der Waals surface area contributed by atoms with Crippen LogP contribution in [0.2, 0.25) is 10.0 Å². The molecule has 2 aromatic carbocycles. The summed E-state index contributed by atoms with van der Waals surface area (Å²) in [6.07, 6.45) is 2.48. The zero-order valence-corrected chi connectivity index (χ0v) is 15.1. The van der Waals surface area contributed by atoms with Crippen molar-refractivity contribution in [2.24, 2.45) is 0 Å². The average molecular weight is 380 g/mol. The summed E-state index contributed by atoms with van der Waals surface area (Å²) >= 11 is 12.2. The smallest absolute Gasteiger partial charge is 0.176 e. The number of aromatic hydroxyl groups is 3. The number of hydrogen-bond donors (Lipinski definition) is 3. The lowest BCUT2D eigenvalue weighted by atomic mass is 9.87. The molecule has 1 unspecified atom stereocenters. The molecule has 3 N–H and O–H groups in total. The number of benzene rings is 2. The molecule has 0 spiro atoms. The van der Waals surface area contributed by atoms with Gasteiger partial charge in [-0.15, -0.1) is 6.58 Å².